The summed E-state index contributed by atoms with van der Waals surface area (Å²) in [5.74, 6) is 2.27. The molecule has 0 bridgehead atoms. The van der Waals surface area contributed by atoms with Crippen LogP contribution in [0.2, 0.25) is 0 Å². The first-order chi connectivity index (χ1) is 9.79. The van der Waals surface area contributed by atoms with Gasteiger partial charge in [0, 0.05) is 12.5 Å². The van der Waals surface area contributed by atoms with Gasteiger partial charge in [-0.25, -0.2) is 0 Å². The molecule has 0 aromatic heterocycles. The van der Waals surface area contributed by atoms with Gasteiger partial charge in [-0.15, -0.1) is 0 Å². The molecule has 116 valence electrons. The molecule has 2 fully saturated rings. The minimum Gasteiger partial charge on any atom is -0.356 e. The first-order valence-electron chi connectivity index (χ1n) is 8.78. The van der Waals surface area contributed by atoms with E-state index in [1.54, 1.807) is 0 Å². The second-order valence-electron chi connectivity index (χ2n) is 6.80. The van der Waals surface area contributed by atoms with Crippen LogP contribution >= 0.6 is 0 Å². The van der Waals surface area contributed by atoms with Crippen molar-refractivity contribution in [2.75, 3.05) is 19.6 Å². The summed E-state index contributed by atoms with van der Waals surface area (Å²) in [5, 5.41) is 6.53. The normalized spacial score (nSPS) is 28.2. The lowest BCUT2D eigenvalue weighted by atomic mass is 9.80. The van der Waals surface area contributed by atoms with E-state index in [9.17, 15) is 4.79 Å². The van der Waals surface area contributed by atoms with Crippen LogP contribution in [0.25, 0.3) is 0 Å². The Morgan fingerprint density at radius 1 is 1.05 bits per heavy atom. The molecule has 1 saturated carbocycles. The molecule has 0 unspecified atom stereocenters. The third-order valence-electron chi connectivity index (χ3n) is 5.21. The fourth-order valence-electron chi connectivity index (χ4n) is 3.69. The minimum absolute atomic E-state index is 0.261. The van der Waals surface area contributed by atoms with E-state index >= 15 is 0 Å². The van der Waals surface area contributed by atoms with E-state index in [4.69, 9.17) is 0 Å². The van der Waals surface area contributed by atoms with Crippen LogP contribution in [0.4, 0.5) is 0 Å². The maximum absolute atomic E-state index is 12.1. The van der Waals surface area contributed by atoms with Crippen molar-refractivity contribution in [1.29, 1.82) is 0 Å². The van der Waals surface area contributed by atoms with E-state index in [1.807, 2.05) is 0 Å². The monoisotopic (exact) mass is 280 g/mol. The van der Waals surface area contributed by atoms with Gasteiger partial charge in [-0.05, 0) is 50.6 Å². The first kappa shape index (κ1) is 15.8. The minimum atomic E-state index is 0.261. The molecule has 0 atom stereocenters. The van der Waals surface area contributed by atoms with E-state index < -0.39 is 0 Å². The van der Waals surface area contributed by atoms with Crippen LogP contribution in [-0.2, 0) is 4.79 Å². The van der Waals surface area contributed by atoms with Crippen molar-refractivity contribution in [3.05, 3.63) is 0 Å². The summed E-state index contributed by atoms with van der Waals surface area (Å²) in [7, 11) is 0. The van der Waals surface area contributed by atoms with Gasteiger partial charge >= 0.3 is 0 Å². The fourth-order valence-corrected chi connectivity index (χ4v) is 3.69. The van der Waals surface area contributed by atoms with Gasteiger partial charge in [0.2, 0.25) is 5.91 Å². The third-order valence-corrected chi connectivity index (χ3v) is 5.21. The SMILES string of the molecule is CCCCC1CCC(CNC(=O)C2CCNCC2)CC1. The molecular weight excluding hydrogens is 248 g/mol. The van der Waals surface area contributed by atoms with Gasteiger partial charge in [-0.3, -0.25) is 4.79 Å². The standard InChI is InChI=1S/C17H32N2O/c1-2-3-4-14-5-7-15(8-6-14)13-19-17(20)16-9-11-18-12-10-16/h14-16,18H,2-13H2,1H3,(H,19,20). The van der Waals surface area contributed by atoms with E-state index in [-0.39, 0.29) is 5.92 Å². The Morgan fingerprint density at radius 3 is 2.35 bits per heavy atom. The molecule has 0 spiro atoms. The highest BCUT2D eigenvalue weighted by molar-refractivity contribution is 5.78. The number of carbonyl (C=O) groups excluding carboxylic acids is 1. The molecule has 0 radical (unpaired) electrons. The van der Waals surface area contributed by atoms with Crippen molar-refractivity contribution in [1.82, 2.24) is 10.6 Å². The number of nitrogens with one attached hydrogen (secondary N) is 2. The van der Waals surface area contributed by atoms with Gasteiger partial charge in [-0.2, -0.15) is 0 Å². The van der Waals surface area contributed by atoms with Crippen molar-refractivity contribution in [2.45, 2.75) is 64.7 Å². The van der Waals surface area contributed by atoms with Crippen LogP contribution in [0.1, 0.15) is 64.7 Å². The average Bonchev–Trinajstić information content (AvgIpc) is 2.52. The number of hydrogen-bond acceptors (Lipinski definition) is 2. The molecule has 2 N–H and O–H groups in total. The van der Waals surface area contributed by atoms with Crippen LogP contribution in [0.3, 0.4) is 0 Å². The lowest BCUT2D eigenvalue weighted by Crippen LogP contribution is -2.40. The largest absolute Gasteiger partial charge is 0.356 e. The predicted octanol–water partition coefficient (Wildman–Crippen LogP) is 3.10. The molecule has 1 aliphatic heterocycles. The second-order valence-corrected chi connectivity index (χ2v) is 6.80. The molecule has 1 aliphatic carbocycles. The Labute approximate surface area is 124 Å². The van der Waals surface area contributed by atoms with Crippen molar-refractivity contribution < 1.29 is 4.79 Å². The van der Waals surface area contributed by atoms with Crippen LogP contribution in [0.15, 0.2) is 0 Å². The molecule has 1 saturated heterocycles. The molecule has 1 heterocycles. The van der Waals surface area contributed by atoms with Crippen molar-refractivity contribution >= 4 is 5.91 Å². The highest BCUT2D eigenvalue weighted by Crippen LogP contribution is 2.31. The number of hydrogen-bond donors (Lipinski definition) is 2. The number of unbranched alkanes of at least 4 members (excludes halogenated alkanes) is 1. The molecule has 1 amide bonds. The van der Waals surface area contributed by atoms with Crippen LogP contribution < -0.4 is 10.6 Å². The number of piperidine rings is 1. The number of carbonyl (C=O) groups is 1. The summed E-state index contributed by atoms with van der Waals surface area (Å²) < 4.78 is 0. The Morgan fingerprint density at radius 2 is 1.70 bits per heavy atom. The maximum atomic E-state index is 12.1. The van der Waals surface area contributed by atoms with Gasteiger partial charge in [0.05, 0.1) is 0 Å². The molecule has 0 aromatic carbocycles. The molecule has 3 nitrogen and oxygen atoms in total. The molecule has 20 heavy (non-hydrogen) atoms. The highest BCUT2D eigenvalue weighted by atomic mass is 16.1. The third kappa shape index (κ3) is 5.08. The maximum Gasteiger partial charge on any atom is 0.223 e. The van der Waals surface area contributed by atoms with Crippen molar-refractivity contribution in [3.8, 4) is 0 Å². The second kappa shape index (κ2) is 8.66. The van der Waals surface area contributed by atoms with Crippen LogP contribution in [0.5, 0.6) is 0 Å². The Kier molecular flexibility index (Phi) is 6.85. The van der Waals surface area contributed by atoms with Crippen LogP contribution in [0, 0.1) is 17.8 Å². The van der Waals surface area contributed by atoms with E-state index in [2.05, 4.69) is 17.6 Å². The summed E-state index contributed by atoms with van der Waals surface area (Å²) in [6.45, 7) is 5.20. The summed E-state index contributed by atoms with van der Waals surface area (Å²) in [6, 6.07) is 0. The number of amides is 1. The van der Waals surface area contributed by atoms with E-state index in [0.717, 1.165) is 44.3 Å². The van der Waals surface area contributed by atoms with Gasteiger partial charge in [-0.1, -0.05) is 39.0 Å². The van der Waals surface area contributed by atoms with Crippen LogP contribution in [-0.4, -0.2) is 25.5 Å². The highest BCUT2D eigenvalue weighted by Gasteiger charge is 2.24. The van der Waals surface area contributed by atoms with E-state index in [1.165, 1.54) is 44.9 Å². The zero-order valence-electron chi connectivity index (χ0n) is 13.1. The molecular formula is C17H32N2O. The first-order valence-corrected chi connectivity index (χ1v) is 8.78. The smallest absolute Gasteiger partial charge is 0.223 e. The van der Waals surface area contributed by atoms with Gasteiger partial charge < -0.3 is 10.6 Å². The lowest BCUT2D eigenvalue weighted by molar-refractivity contribution is -0.126. The van der Waals surface area contributed by atoms with Gasteiger partial charge in [0.1, 0.15) is 0 Å². The Bertz CT molecular complexity index is 279. The lowest BCUT2D eigenvalue weighted by Gasteiger charge is -2.29. The summed E-state index contributed by atoms with van der Waals surface area (Å²) in [4.78, 5) is 12.1. The van der Waals surface area contributed by atoms with Crippen molar-refractivity contribution in [3.63, 3.8) is 0 Å². The average molecular weight is 280 g/mol. The van der Waals surface area contributed by atoms with E-state index in [0.29, 0.717) is 5.91 Å². The summed E-state index contributed by atoms with van der Waals surface area (Å²) >= 11 is 0. The zero-order chi connectivity index (χ0) is 14.2. The van der Waals surface area contributed by atoms with Gasteiger partial charge in [0.15, 0.2) is 0 Å². The molecule has 2 aliphatic rings. The fraction of sp³-hybridized carbons (Fsp3) is 0.941. The van der Waals surface area contributed by atoms with Gasteiger partial charge in [0.25, 0.3) is 0 Å². The Hall–Kier alpha value is -0.570. The summed E-state index contributed by atoms with van der Waals surface area (Å²) in [6.07, 6.45) is 11.6. The zero-order valence-corrected chi connectivity index (χ0v) is 13.1. The topological polar surface area (TPSA) is 41.1 Å². The van der Waals surface area contributed by atoms with Crippen molar-refractivity contribution in [2.24, 2.45) is 17.8 Å². The molecule has 2 rings (SSSR count). The molecule has 0 aromatic rings. The molecule has 3 heteroatoms. The Balaban J connectivity index is 1.59. The quantitative estimate of drug-likeness (QED) is 0.785. The predicted molar refractivity (Wildman–Crippen MR) is 83.6 cm³/mol. The summed E-state index contributed by atoms with van der Waals surface area (Å²) in [5.41, 5.74) is 0. The number of rotatable bonds is 6.